The van der Waals surface area contributed by atoms with E-state index in [4.69, 9.17) is 13.9 Å². The number of hydrogen-bond donors (Lipinski definition) is 2. The highest BCUT2D eigenvalue weighted by Gasteiger charge is 2.17. The van der Waals surface area contributed by atoms with Crippen LogP contribution in [0.4, 0.5) is 10.5 Å². The van der Waals surface area contributed by atoms with Crippen molar-refractivity contribution in [3.63, 3.8) is 0 Å². The lowest BCUT2D eigenvalue weighted by atomic mass is 10.2. The molecule has 0 saturated heterocycles. The van der Waals surface area contributed by atoms with E-state index in [1.807, 2.05) is 6.07 Å². The Morgan fingerprint density at radius 3 is 2.29 bits per heavy atom. The van der Waals surface area contributed by atoms with Crippen molar-refractivity contribution >= 4 is 11.8 Å². The first kappa shape index (κ1) is 20.8. The Morgan fingerprint density at radius 2 is 1.64 bits per heavy atom. The molecule has 0 bridgehead atoms. The van der Waals surface area contributed by atoms with Gasteiger partial charge in [0.15, 0.2) is 17.3 Å². The minimum Gasteiger partial charge on any atom is -0.502 e. The monoisotopic (exact) mass is 385 g/mol. The predicted octanol–water partition coefficient (Wildman–Crippen LogP) is 4.92. The number of hydrogen-bond acceptors (Lipinski definition) is 6. The zero-order valence-corrected chi connectivity index (χ0v) is 16.2. The van der Waals surface area contributed by atoms with E-state index in [1.165, 1.54) is 25.1 Å². The van der Waals surface area contributed by atoms with Gasteiger partial charge in [0.25, 0.3) is 0 Å². The van der Waals surface area contributed by atoms with Gasteiger partial charge in [-0.2, -0.15) is 0 Å². The number of nitrogens with one attached hydrogen (secondary N) is 1. The summed E-state index contributed by atoms with van der Waals surface area (Å²) in [6.45, 7) is 6.52. The second-order valence-electron chi connectivity index (χ2n) is 6.83. The fourth-order valence-corrected chi connectivity index (χ4v) is 2.06. The van der Waals surface area contributed by atoms with Crippen LogP contribution in [0.5, 0.6) is 17.2 Å². The Balaban J connectivity index is 2.43. The molecule has 1 aromatic heterocycles. The maximum absolute atomic E-state index is 12.4. The maximum atomic E-state index is 12.4. The summed E-state index contributed by atoms with van der Waals surface area (Å²) in [5.74, 6) is 0.178. The Hall–Kier alpha value is -3.48. The molecule has 0 saturated carbocycles. The van der Waals surface area contributed by atoms with Gasteiger partial charge in [0.2, 0.25) is 0 Å². The summed E-state index contributed by atoms with van der Waals surface area (Å²) < 4.78 is 15.9. The van der Waals surface area contributed by atoms with Gasteiger partial charge < -0.3 is 19.0 Å². The number of rotatable bonds is 3. The molecular weight excluding hydrogens is 362 g/mol. The molecular formula is C21H23NO6. The number of amides is 1. The Bertz CT molecular complexity index is 943. The number of carbonyl (C=O) groups is 1. The van der Waals surface area contributed by atoms with Crippen molar-refractivity contribution < 1.29 is 23.8 Å². The molecule has 28 heavy (non-hydrogen) atoms. The van der Waals surface area contributed by atoms with Crippen molar-refractivity contribution in [2.75, 3.05) is 5.32 Å². The van der Waals surface area contributed by atoms with Crippen LogP contribution < -0.4 is 15.7 Å². The Morgan fingerprint density at radius 1 is 1.04 bits per heavy atom. The molecule has 7 nitrogen and oxygen atoms in total. The quantitative estimate of drug-likeness (QED) is 0.778. The summed E-state index contributed by atoms with van der Waals surface area (Å²) in [7, 11) is 0. The lowest BCUT2D eigenvalue weighted by Gasteiger charge is -2.19. The second-order valence-corrected chi connectivity index (χ2v) is 6.83. The number of aryl methyl sites for hydroxylation is 1. The van der Waals surface area contributed by atoms with Crippen LogP contribution in [-0.2, 0) is 4.74 Å². The topological polar surface area (TPSA) is 98.0 Å². The number of carbonyl (C=O) groups excluding carboxylic acids is 1. The number of aromatic hydroxyl groups is 1. The molecule has 7 heteroatoms. The van der Waals surface area contributed by atoms with E-state index >= 15 is 0 Å². The van der Waals surface area contributed by atoms with Gasteiger partial charge in [-0.1, -0.05) is 30.3 Å². The number of para-hydroxylation sites is 1. The fourth-order valence-electron chi connectivity index (χ4n) is 2.06. The van der Waals surface area contributed by atoms with Crippen molar-refractivity contribution in [3.05, 3.63) is 70.8 Å². The molecule has 2 rings (SSSR count). The van der Waals surface area contributed by atoms with Crippen molar-refractivity contribution in [2.45, 2.75) is 33.3 Å². The average Bonchev–Trinajstić information content (AvgIpc) is 2.61. The molecule has 0 aliphatic heterocycles. The van der Waals surface area contributed by atoms with E-state index in [0.717, 1.165) is 0 Å². The molecule has 1 aromatic carbocycles. The zero-order valence-electron chi connectivity index (χ0n) is 16.2. The third kappa shape index (κ3) is 6.35. The van der Waals surface area contributed by atoms with Crippen molar-refractivity contribution in [2.24, 2.45) is 0 Å². The van der Waals surface area contributed by atoms with Crippen molar-refractivity contribution in [1.82, 2.24) is 0 Å². The highest BCUT2D eigenvalue weighted by molar-refractivity contribution is 5.84. The first-order chi connectivity index (χ1) is 13.2. The first-order valence-electron chi connectivity index (χ1n) is 8.59. The third-order valence-corrected chi connectivity index (χ3v) is 3.26. The first-order valence-corrected chi connectivity index (χ1v) is 8.59. The zero-order chi connectivity index (χ0) is 20.7. The van der Waals surface area contributed by atoms with Gasteiger partial charge in [0.1, 0.15) is 17.0 Å². The molecule has 0 radical (unpaired) electrons. The smallest absolute Gasteiger partial charge is 0.412 e. The van der Waals surface area contributed by atoms with Crippen LogP contribution in [0.25, 0.3) is 0 Å². The molecule has 0 aliphatic carbocycles. The van der Waals surface area contributed by atoms with E-state index in [2.05, 4.69) is 5.32 Å². The van der Waals surface area contributed by atoms with Crippen LogP contribution in [0.1, 0.15) is 26.5 Å². The summed E-state index contributed by atoms with van der Waals surface area (Å²) in [5.41, 5.74) is -1.72. The van der Waals surface area contributed by atoms with Crippen molar-refractivity contribution in [3.8, 4) is 17.2 Å². The molecule has 0 unspecified atom stereocenters. The molecule has 2 aromatic rings. The van der Waals surface area contributed by atoms with Gasteiger partial charge >= 0.3 is 11.7 Å². The molecule has 0 fully saturated rings. The predicted molar refractivity (Wildman–Crippen MR) is 105 cm³/mol. The highest BCUT2D eigenvalue weighted by Crippen LogP contribution is 2.30. The van der Waals surface area contributed by atoms with E-state index in [-0.39, 0.29) is 22.9 Å². The number of ether oxygens (including phenoxy) is 2. The second kappa shape index (κ2) is 8.94. The van der Waals surface area contributed by atoms with Crippen LogP contribution >= 0.6 is 0 Å². The SMILES string of the molecule is Cc1oc(=O)c(NC(=O)OC(C)(C)C)ccccc(Oc2ccccc2)c1O. The number of anilines is 1. The molecule has 0 atom stereocenters. The third-order valence-electron chi connectivity index (χ3n) is 3.26. The molecule has 148 valence electrons. The minimum absolute atomic E-state index is 0.0839. The Kier molecular flexibility index (Phi) is 6.65. The van der Waals surface area contributed by atoms with Gasteiger partial charge in [-0.3, -0.25) is 5.32 Å². The van der Waals surface area contributed by atoms with Crippen LogP contribution in [-0.4, -0.2) is 16.8 Å². The van der Waals surface area contributed by atoms with E-state index in [0.29, 0.717) is 5.75 Å². The highest BCUT2D eigenvalue weighted by atomic mass is 16.6. The van der Waals surface area contributed by atoms with E-state index < -0.39 is 17.3 Å². The standard InChI is InChI=1S/C21H23NO6/c1-14-18(23)17(27-15-10-6-5-7-11-15)13-9-8-12-16(19(24)26-14)22-20(25)28-21(2,3)4/h5-13,23H,1-4H3,(H,22,25). The normalized spacial score (nSPS) is 10.6. The van der Waals surface area contributed by atoms with Crippen LogP contribution in [0, 0.1) is 6.92 Å². The molecule has 1 heterocycles. The molecule has 1 amide bonds. The lowest BCUT2D eigenvalue weighted by molar-refractivity contribution is 0.0635. The van der Waals surface area contributed by atoms with E-state index in [1.54, 1.807) is 51.1 Å². The lowest BCUT2D eigenvalue weighted by Crippen LogP contribution is -2.28. The van der Waals surface area contributed by atoms with Crippen LogP contribution in [0.3, 0.4) is 0 Å². The van der Waals surface area contributed by atoms with Crippen molar-refractivity contribution in [1.29, 1.82) is 0 Å². The van der Waals surface area contributed by atoms with Crippen LogP contribution in [0.15, 0.2) is 63.8 Å². The summed E-state index contributed by atoms with van der Waals surface area (Å²) in [5, 5.41) is 12.7. The maximum Gasteiger partial charge on any atom is 0.412 e. The Labute approximate surface area is 162 Å². The number of benzene rings is 1. The van der Waals surface area contributed by atoms with E-state index in [9.17, 15) is 14.7 Å². The van der Waals surface area contributed by atoms with Crippen LogP contribution in [0.2, 0.25) is 0 Å². The largest absolute Gasteiger partial charge is 0.502 e. The van der Waals surface area contributed by atoms with Gasteiger partial charge in [-0.05, 0) is 52.0 Å². The molecule has 0 aliphatic rings. The van der Waals surface area contributed by atoms with Gasteiger partial charge in [-0.25, -0.2) is 9.59 Å². The fraction of sp³-hybridized carbons (Fsp3) is 0.238. The summed E-state index contributed by atoms with van der Waals surface area (Å²) >= 11 is 0. The summed E-state index contributed by atoms with van der Waals surface area (Å²) in [6.07, 6.45) is -0.796. The van der Waals surface area contributed by atoms with Gasteiger partial charge in [-0.15, -0.1) is 0 Å². The summed E-state index contributed by atoms with van der Waals surface area (Å²) in [6, 6.07) is 14.8. The minimum atomic E-state index is -0.861. The molecule has 2 N–H and O–H groups in total. The van der Waals surface area contributed by atoms with Gasteiger partial charge in [0.05, 0.1) is 0 Å². The summed E-state index contributed by atoms with van der Waals surface area (Å²) in [4.78, 5) is 24.3. The average molecular weight is 385 g/mol. The van der Waals surface area contributed by atoms with Gasteiger partial charge in [0, 0.05) is 0 Å². The molecule has 0 spiro atoms.